The number of anilines is 1. The zero-order valence-corrected chi connectivity index (χ0v) is 11.3. The van der Waals surface area contributed by atoms with Crippen LogP contribution in [0, 0.1) is 12.7 Å². The number of piperidine rings is 1. The van der Waals surface area contributed by atoms with Gasteiger partial charge in [-0.05, 0) is 32.7 Å². The first kappa shape index (κ1) is 14.1. The summed E-state index contributed by atoms with van der Waals surface area (Å²) in [6, 6.07) is 0. The van der Waals surface area contributed by atoms with Gasteiger partial charge in [0, 0.05) is 19.7 Å². The lowest BCUT2D eigenvalue weighted by molar-refractivity contribution is 0.0364. The molecule has 2 heterocycles. The highest BCUT2D eigenvalue weighted by Gasteiger charge is 2.23. The number of rotatable bonds is 5. The minimum Gasteiger partial charge on any atom is -0.378 e. The van der Waals surface area contributed by atoms with E-state index >= 15 is 0 Å². The summed E-state index contributed by atoms with van der Waals surface area (Å²) in [6.07, 6.45) is 4.35. The van der Waals surface area contributed by atoms with Crippen molar-refractivity contribution in [3.05, 3.63) is 17.8 Å². The maximum Gasteiger partial charge on any atom is 0.186 e. The topological polar surface area (TPSA) is 64.3 Å². The van der Waals surface area contributed by atoms with Crippen molar-refractivity contribution in [1.82, 2.24) is 9.97 Å². The molecule has 6 heteroatoms. The lowest BCUT2D eigenvalue weighted by Crippen LogP contribution is -2.38. The van der Waals surface area contributed by atoms with Crippen LogP contribution in [0.2, 0.25) is 0 Å². The van der Waals surface area contributed by atoms with Gasteiger partial charge in [-0.25, -0.2) is 14.4 Å². The molecule has 0 bridgehead atoms. The Morgan fingerprint density at radius 2 is 2.16 bits per heavy atom. The molecule has 2 rings (SSSR count). The first-order valence-corrected chi connectivity index (χ1v) is 6.76. The molecule has 0 aliphatic carbocycles. The molecule has 0 aromatic carbocycles. The van der Waals surface area contributed by atoms with Gasteiger partial charge in [0.1, 0.15) is 6.33 Å². The smallest absolute Gasteiger partial charge is 0.186 e. The van der Waals surface area contributed by atoms with Gasteiger partial charge in [0.05, 0.1) is 11.8 Å². The predicted octanol–water partition coefficient (Wildman–Crippen LogP) is 1.26. The Morgan fingerprint density at radius 1 is 1.42 bits per heavy atom. The molecule has 0 unspecified atom stereocenters. The monoisotopic (exact) mass is 268 g/mol. The normalized spacial score (nSPS) is 16.9. The number of ether oxygens (including phenoxy) is 1. The maximum atomic E-state index is 13.9. The summed E-state index contributed by atoms with van der Waals surface area (Å²) < 4.78 is 19.6. The molecule has 1 aliphatic rings. The Kier molecular flexibility index (Phi) is 5.04. The van der Waals surface area contributed by atoms with Crippen LogP contribution in [0.15, 0.2) is 6.33 Å². The first-order valence-electron chi connectivity index (χ1n) is 6.76. The summed E-state index contributed by atoms with van der Waals surface area (Å²) in [5.41, 5.74) is 5.82. The minimum absolute atomic E-state index is 0.258. The highest BCUT2D eigenvalue weighted by atomic mass is 19.1. The van der Waals surface area contributed by atoms with Gasteiger partial charge in [-0.2, -0.15) is 0 Å². The van der Waals surface area contributed by atoms with Gasteiger partial charge in [-0.1, -0.05) is 0 Å². The standard InChI is InChI=1S/C13H21FN4O/c1-10-12(14)13(17-9-16-10)18-6-3-11(4-7-18)19-8-2-5-15/h9,11H,2-8,15H2,1H3. The summed E-state index contributed by atoms with van der Waals surface area (Å²) in [4.78, 5) is 9.86. The fourth-order valence-electron chi connectivity index (χ4n) is 2.23. The number of hydrogen-bond acceptors (Lipinski definition) is 5. The molecule has 5 nitrogen and oxygen atoms in total. The number of nitrogens with zero attached hydrogens (tertiary/aromatic N) is 3. The summed E-state index contributed by atoms with van der Waals surface area (Å²) in [6.45, 7) is 4.55. The lowest BCUT2D eigenvalue weighted by atomic mass is 10.1. The van der Waals surface area contributed by atoms with Gasteiger partial charge >= 0.3 is 0 Å². The highest BCUT2D eigenvalue weighted by Crippen LogP contribution is 2.22. The van der Waals surface area contributed by atoms with Crippen molar-refractivity contribution in [1.29, 1.82) is 0 Å². The number of aromatic nitrogens is 2. The number of aryl methyl sites for hydroxylation is 1. The fraction of sp³-hybridized carbons (Fsp3) is 0.692. The lowest BCUT2D eigenvalue weighted by Gasteiger charge is -2.32. The zero-order valence-electron chi connectivity index (χ0n) is 11.3. The van der Waals surface area contributed by atoms with Gasteiger partial charge in [0.2, 0.25) is 0 Å². The van der Waals surface area contributed by atoms with Crippen LogP contribution in [0.5, 0.6) is 0 Å². The average molecular weight is 268 g/mol. The Morgan fingerprint density at radius 3 is 2.84 bits per heavy atom. The number of nitrogens with two attached hydrogens (primary N) is 1. The molecule has 1 saturated heterocycles. The first-order chi connectivity index (χ1) is 9.22. The maximum absolute atomic E-state index is 13.9. The van der Waals surface area contributed by atoms with Crippen LogP contribution in [0.1, 0.15) is 25.0 Å². The van der Waals surface area contributed by atoms with Crippen LogP contribution in [0.25, 0.3) is 0 Å². The molecule has 0 amide bonds. The average Bonchev–Trinajstić information content (AvgIpc) is 2.43. The van der Waals surface area contributed by atoms with E-state index in [4.69, 9.17) is 10.5 Å². The Labute approximate surface area is 113 Å². The van der Waals surface area contributed by atoms with E-state index in [0.717, 1.165) is 32.4 Å². The molecule has 0 saturated carbocycles. The largest absolute Gasteiger partial charge is 0.378 e. The van der Waals surface area contributed by atoms with E-state index in [2.05, 4.69) is 9.97 Å². The van der Waals surface area contributed by atoms with Gasteiger partial charge in [0.15, 0.2) is 11.6 Å². The summed E-state index contributed by atoms with van der Waals surface area (Å²) >= 11 is 0. The van der Waals surface area contributed by atoms with Crippen LogP contribution >= 0.6 is 0 Å². The van der Waals surface area contributed by atoms with Crippen molar-refractivity contribution in [3.8, 4) is 0 Å². The fourth-order valence-corrected chi connectivity index (χ4v) is 2.23. The third-order valence-corrected chi connectivity index (χ3v) is 3.39. The summed E-state index contributed by atoms with van der Waals surface area (Å²) in [7, 11) is 0. The van der Waals surface area contributed by atoms with Crippen LogP contribution in [-0.4, -0.2) is 42.3 Å². The molecule has 1 aliphatic heterocycles. The third-order valence-electron chi connectivity index (χ3n) is 3.39. The molecule has 0 radical (unpaired) electrons. The highest BCUT2D eigenvalue weighted by molar-refractivity contribution is 5.41. The van der Waals surface area contributed by atoms with E-state index < -0.39 is 0 Å². The van der Waals surface area contributed by atoms with Gasteiger partial charge in [-0.3, -0.25) is 0 Å². The van der Waals surface area contributed by atoms with Crippen LogP contribution in [0.4, 0.5) is 10.2 Å². The van der Waals surface area contributed by atoms with Crippen LogP contribution < -0.4 is 10.6 Å². The molecule has 0 spiro atoms. The van der Waals surface area contributed by atoms with Crippen molar-refractivity contribution in [2.75, 3.05) is 31.1 Å². The summed E-state index contributed by atoms with van der Waals surface area (Å²) in [5, 5.41) is 0. The molecule has 19 heavy (non-hydrogen) atoms. The number of hydrogen-bond donors (Lipinski definition) is 1. The molecule has 1 aromatic rings. The predicted molar refractivity (Wildman–Crippen MR) is 71.6 cm³/mol. The second kappa shape index (κ2) is 6.77. The van der Waals surface area contributed by atoms with E-state index in [1.165, 1.54) is 6.33 Å². The Hall–Kier alpha value is -1.27. The zero-order chi connectivity index (χ0) is 13.7. The second-order valence-electron chi connectivity index (χ2n) is 4.80. The summed E-state index contributed by atoms with van der Waals surface area (Å²) in [5.74, 6) is 0.0953. The molecule has 1 aromatic heterocycles. The minimum atomic E-state index is -0.315. The third kappa shape index (κ3) is 3.61. The Bertz CT molecular complexity index is 408. The second-order valence-corrected chi connectivity index (χ2v) is 4.80. The van der Waals surface area contributed by atoms with Crippen LogP contribution in [0.3, 0.4) is 0 Å². The molecular formula is C13H21FN4O. The Balaban J connectivity index is 1.87. The van der Waals surface area contributed by atoms with Crippen molar-refractivity contribution >= 4 is 5.82 Å². The van der Waals surface area contributed by atoms with E-state index in [-0.39, 0.29) is 11.9 Å². The van der Waals surface area contributed by atoms with E-state index in [0.29, 0.717) is 24.7 Å². The number of halogens is 1. The van der Waals surface area contributed by atoms with Gasteiger partial charge < -0.3 is 15.4 Å². The van der Waals surface area contributed by atoms with E-state index in [9.17, 15) is 4.39 Å². The molecular weight excluding hydrogens is 247 g/mol. The molecule has 0 atom stereocenters. The van der Waals surface area contributed by atoms with Crippen molar-refractivity contribution in [2.24, 2.45) is 5.73 Å². The molecule has 2 N–H and O–H groups in total. The van der Waals surface area contributed by atoms with Crippen molar-refractivity contribution in [3.63, 3.8) is 0 Å². The van der Waals surface area contributed by atoms with Crippen molar-refractivity contribution in [2.45, 2.75) is 32.3 Å². The molecule has 1 fully saturated rings. The quantitative estimate of drug-likeness (QED) is 0.814. The van der Waals surface area contributed by atoms with Crippen LogP contribution in [-0.2, 0) is 4.74 Å². The van der Waals surface area contributed by atoms with Gasteiger partial charge in [-0.15, -0.1) is 0 Å². The van der Waals surface area contributed by atoms with E-state index in [1.54, 1.807) is 6.92 Å². The molecule has 106 valence electrons. The van der Waals surface area contributed by atoms with E-state index in [1.807, 2.05) is 4.90 Å². The van der Waals surface area contributed by atoms with Gasteiger partial charge in [0.25, 0.3) is 0 Å². The SMILES string of the molecule is Cc1ncnc(N2CCC(OCCCN)CC2)c1F. The van der Waals surface area contributed by atoms with Crippen molar-refractivity contribution < 1.29 is 9.13 Å².